The molecule has 96 valence electrons. The molecule has 8 heteroatoms. The molecule has 0 unspecified atom stereocenters. The Kier molecular flexibility index (Phi) is 3.70. The Morgan fingerprint density at radius 1 is 1.39 bits per heavy atom. The van der Waals surface area contributed by atoms with Crippen molar-refractivity contribution in [1.29, 1.82) is 0 Å². The number of carbonyl (C=O) groups is 1. The van der Waals surface area contributed by atoms with E-state index in [1.54, 1.807) is 0 Å². The van der Waals surface area contributed by atoms with Crippen LogP contribution in [0, 0.1) is 0 Å². The Labute approximate surface area is 101 Å². The Bertz CT molecular complexity index is 532. The van der Waals surface area contributed by atoms with Gasteiger partial charge >= 0.3 is 5.97 Å². The smallest absolute Gasteiger partial charge is 0.357 e. The predicted octanol–water partition coefficient (Wildman–Crippen LogP) is 1.15. The van der Waals surface area contributed by atoms with Crippen LogP contribution in [-0.4, -0.2) is 34.9 Å². The third-order valence-electron chi connectivity index (χ3n) is 1.92. The van der Waals surface area contributed by atoms with Gasteiger partial charge in [0.05, 0.1) is 0 Å². The second-order valence-electron chi connectivity index (χ2n) is 3.22. The minimum Gasteiger partial charge on any atom is -0.476 e. The van der Waals surface area contributed by atoms with Crippen LogP contribution in [0.1, 0.15) is 16.4 Å². The fourth-order valence-corrected chi connectivity index (χ4v) is 1.18. The monoisotopic (exact) mass is 254 g/mol. The summed E-state index contributed by atoms with van der Waals surface area (Å²) in [7, 11) is 1.50. The average Bonchev–Trinajstić information content (AvgIpc) is 2.97. The average molecular weight is 254 g/mol. The van der Waals surface area contributed by atoms with E-state index in [2.05, 4.69) is 9.97 Å². The summed E-state index contributed by atoms with van der Waals surface area (Å²) in [5, 5.41) is 8.69. The van der Waals surface area contributed by atoms with E-state index in [1.807, 2.05) is 0 Å². The van der Waals surface area contributed by atoms with E-state index in [4.69, 9.17) is 23.4 Å². The van der Waals surface area contributed by atoms with Crippen molar-refractivity contribution in [2.45, 2.75) is 6.61 Å². The highest BCUT2D eigenvalue weighted by molar-refractivity contribution is 5.85. The van der Waals surface area contributed by atoms with E-state index in [-0.39, 0.29) is 25.0 Å². The van der Waals surface area contributed by atoms with Crippen LogP contribution in [0.5, 0.6) is 0 Å². The summed E-state index contributed by atoms with van der Waals surface area (Å²) in [6.07, 6.45) is 2.34. The SMILES string of the molecule is COCOCc1nc(-c2nc(C(=O)O)co2)co1. The van der Waals surface area contributed by atoms with Gasteiger partial charge < -0.3 is 23.4 Å². The molecule has 2 rings (SSSR count). The van der Waals surface area contributed by atoms with Crippen molar-refractivity contribution in [3.05, 3.63) is 24.1 Å². The highest BCUT2D eigenvalue weighted by Gasteiger charge is 2.15. The fraction of sp³-hybridized carbons (Fsp3) is 0.300. The second kappa shape index (κ2) is 5.43. The molecule has 8 nitrogen and oxygen atoms in total. The van der Waals surface area contributed by atoms with Crippen molar-refractivity contribution < 1.29 is 28.2 Å². The van der Waals surface area contributed by atoms with Crippen LogP contribution in [0.15, 0.2) is 21.4 Å². The molecule has 2 aromatic heterocycles. The van der Waals surface area contributed by atoms with E-state index in [1.165, 1.54) is 13.4 Å². The molecular formula is C10H10N2O6. The number of rotatable bonds is 6. The standard InChI is InChI=1S/C10H10N2O6/c1-15-5-16-4-8-11-6(2-17-8)9-12-7(3-18-9)10(13)14/h2-3H,4-5H2,1H3,(H,13,14). The second-order valence-corrected chi connectivity index (χ2v) is 3.22. The van der Waals surface area contributed by atoms with Crippen LogP contribution in [0.4, 0.5) is 0 Å². The highest BCUT2D eigenvalue weighted by Crippen LogP contribution is 2.18. The number of hydrogen-bond acceptors (Lipinski definition) is 7. The van der Waals surface area contributed by atoms with E-state index in [0.717, 1.165) is 6.26 Å². The van der Waals surface area contributed by atoms with Crippen molar-refractivity contribution in [1.82, 2.24) is 9.97 Å². The normalized spacial score (nSPS) is 10.7. The first-order chi connectivity index (χ1) is 8.70. The predicted molar refractivity (Wildman–Crippen MR) is 55.6 cm³/mol. The summed E-state index contributed by atoms with van der Waals surface area (Å²) in [6, 6.07) is 0. The lowest BCUT2D eigenvalue weighted by atomic mass is 10.5. The summed E-state index contributed by atoms with van der Waals surface area (Å²) in [5.74, 6) is -0.775. The van der Waals surface area contributed by atoms with Crippen LogP contribution < -0.4 is 0 Å². The largest absolute Gasteiger partial charge is 0.476 e. The maximum absolute atomic E-state index is 10.6. The third kappa shape index (κ3) is 2.73. The van der Waals surface area contributed by atoms with E-state index < -0.39 is 5.97 Å². The molecular weight excluding hydrogens is 244 g/mol. The molecule has 0 fully saturated rings. The van der Waals surface area contributed by atoms with Gasteiger partial charge in [0.25, 0.3) is 0 Å². The van der Waals surface area contributed by atoms with Crippen molar-refractivity contribution in [2.75, 3.05) is 13.9 Å². The molecule has 0 bridgehead atoms. The van der Waals surface area contributed by atoms with Gasteiger partial charge in [-0.3, -0.25) is 0 Å². The summed E-state index contributed by atoms with van der Waals surface area (Å²) in [4.78, 5) is 18.4. The topological polar surface area (TPSA) is 108 Å². The maximum Gasteiger partial charge on any atom is 0.357 e. The Morgan fingerprint density at radius 3 is 2.89 bits per heavy atom. The van der Waals surface area contributed by atoms with Crippen molar-refractivity contribution in [3.63, 3.8) is 0 Å². The Morgan fingerprint density at radius 2 is 2.22 bits per heavy atom. The van der Waals surface area contributed by atoms with Gasteiger partial charge in [-0.05, 0) is 0 Å². The van der Waals surface area contributed by atoms with Gasteiger partial charge in [0.2, 0.25) is 11.8 Å². The van der Waals surface area contributed by atoms with Crippen LogP contribution >= 0.6 is 0 Å². The zero-order valence-corrected chi connectivity index (χ0v) is 9.45. The van der Waals surface area contributed by atoms with Crippen LogP contribution in [-0.2, 0) is 16.1 Å². The van der Waals surface area contributed by atoms with Gasteiger partial charge in [-0.15, -0.1) is 0 Å². The lowest BCUT2D eigenvalue weighted by molar-refractivity contribution is -0.0453. The first-order valence-electron chi connectivity index (χ1n) is 4.91. The van der Waals surface area contributed by atoms with Gasteiger partial charge in [-0.1, -0.05) is 0 Å². The van der Waals surface area contributed by atoms with Crippen molar-refractivity contribution >= 4 is 5.97 Å². The minimum absolute atomic E-state index is 0.0779. The number of methoxy groups -OCH3 is 1. The maximum atomic E-state index is 10.6. The molecule has 0 atom stereocenters. The number of nitrogens with zero attached hydrogens (tertiary/aromatic N) is 2. The van der Waals surface area contributed by atoms with Gasteiger partial charge in [-0.25, -0.2) is 14.8 Å². The first-order valence-corrected chi connectivity index (χ1v) is 4.91. The van der Waals surface area contributed by atoms with Crippen LogP contribution in [0.25, 0.3) is 11.6 Å². The number of hydrogen-bond donors (Lipinski definition) is 1. The van der Waals surface area contributed by atoms with Crippen molar-refractivity contribution in [3.8, 4) is 11.6 Å². The zero-order valence-electron chi connectivity index (χ0n) is 9.45. The molecule has 1 N–H and O–H groups in total. The number of aromatic carboxylic acids is 1. The molecule has 0 saturated carbocycles. The van der Waals surface area contributed by atoms with Crippen LogP contribution in [0.2, 0.25) is 0 Å². The minimum atomic E-state index is -1.17. The summed E-state index contributed by atoms with van der Waals surface area (Å²) < 4.78 is 19.8. The molecule has 0 aliphatic rings. The molecule has 0 radical (unpaired) electrons. The van der Waals surface area contributed by atoms with Crippen LogP contribution in [0.3, 0.4) is 0 Å². The van der Waals surface area contributed by atoms with E-state index in [0.29, 0.717) is 11.6 Å². The van der Waals surface area contributed by atoms with E-state index in [9.17, 15) is 4.79 Å². The number of carboxylic acids is 1. The number of oxazole rings is 2. The highest BCUT2D eigenvalue weighted by atomic mass is 16.7. The molecule has 0 aliphatic heterocycles. The molecule has 0 spiro atoms. The summed E-state index contributed by atoms with van der Waals surface area (Å²) in [6.45, 7) is 0.264. The first kappa shape index (κ1) is 12.3. The quantitative estimate of drug-likeness (QED) is 0.604. The molecule has 0 aliphatic carbocycles. The lowest BCUT2D eigenvalue weighted by Crippen LogP contribution is -1.97. The summed E-state index contributed by atoms with van der Waals surface area (Å²) >= 11 is 0. The molecule has 0 amide bonds. The van der Waals surface area contributed by atoms with Gasteiger partial charge in [-0.2, -0.15) is 0 Å². The Balaban J connectivity index is 2.06. The third-order valence-corrected chi connectivity index (χ3v) is 1.92. The molecule has 0 saturated heterocycles. The molecule has 0 aromatic carbocycles. The number of carboxylic acid groups (broad SMARTS) is 1. The Hall–Kier alpha value is -2.19. The van der Waals surface area contributed by atoms with Gasteiger partial charge in [0, 0.05) is 7.11 Å². The van der Waals surface area contributed by atoms with Gasteiger partial charge in [0.15, 0.2) is 11.4 Å². The van der Waals surface area contributed by atoms with Gasteiger partial charge in [0.1, 0.15) is 25.9 Å². The molecule has 18 heavy (non-hydrogen) atoms. The summed E-state index contributed by atoms with van der Waals surface area (Å²) in [5.41, 5.74) is 0.115. The lowest BCUT2D eigenvalue weighted by Gasteiger charge is -1.96. The van der Waals surface area contributed by atoms with E-state index >= 15 is 0 Å². The van der Waals surface area contributed by atoms with Crippen molar-refractivity contribution in [2.24, 2.45) is 0 Å². The molecule has 2 aromatic rings. The number of aromatic nitrogens is 2. The fourth-order valence-electron chi connectivity index (χ4n) is 1.18. The zero-order chi connectivity index (χ0) is 13.0. The molecule has 2 heterocycles. The number of ether oxygens (including phenoxy) is 2.